The molecule has 0 heterocycles. The summed E-state index contributed by atoms with van der Waals surface area (Å²) >= 11 is 0. The molecule has 1 N–H and O–H groups in total. The first-order valence-electron chi connectivity index (χ1n) is 6.88. The molecule has 0 bridgehead atoms. The molecule has 0 aliphatic carbocycles. The quantitative estimate of drug-likeness (QED) is 0.885. The Balaban J connectivity index is 2.65. The highest BCUT2D eigenvalue weighted by Gasteiger charge is 2.19. The van der Waals surface area contributed by atoms with Crippen molar-refractivity contribution in [1.82, 2.24) is 10.2 Å². The predicted molar refractivity (Wildman–Crippen MR) is 79.9 cm³/mol. The molecule has 0 unspecified atom stereocenters. The minimum Gasteiger partial charge on any atom is -0.335 e. The van der Waals surface area contributed by atoms with Gasteiger partial charge in [0.1, 0.15) is 0 Å². The van der Waals surface area contributed by atoms with E-state index < -0.39 is 0 Å². The molecule has 3 nitrogen and oxygen atoms in total. The van der Waals surface area contributed by atoms with Crippen LogP contribution in [-0.4, -0.2) is 28.9 Å². The summed E-state index contributed by atoms with van der Waals surface area (Å²) in [6, 6.07) is 10.3. The third-order valence-electron chi connectivity index (χ3n) is 2.91. The first kappa shape index (κ1) is 15.7. The number of nitrogens with zero attached hydrogens (tertiary/aromatic N) is 1. The lowest BCUT2D eigenvalue weighted by molar-refractivity contribution is -0.132. The van der Waals surface area contributed by atoms with Crippen molar-refractivity contribution in [3.8, 4) is 0 Å². The van der Waals surface area contributed by atoms with Gasteiger partial charge in [-0.2, -0.15) is 0 Å². The molecule has 1 aromatic carbocycles. The van der Waals surface area contributed by atoms with Crippen LogP contribution in [0.1, 0.15) is 40.2 Å². The van der Waals surface area contributed by atoms with E-state index in [1.54, 1.807) is 0 Å². The molecule has 0 spiro atoms. The van der Waals surface area contributed by atoms with Gasteiger partial charge in [0, 0.05) is 18.1 Å². The number of rotatable bonds is 5. The molecule has 0 saturated carbocycles. The number of hydrogen-bond donors (Lipinski definition) is 1. The Bertz CT molecular complexity index is 393. The summed E-state index contributed by atoms with van der Waals surface area (Å²) in [6.45, 7) is 11.4. The fraction of sp³-hybridized carbons (Fsp3) is 0.562. The van der Waals surface area contributed by atoms with Gasteiger partial charge in [-0.1, -0.05) is 30.3 Å². The Morgan fingerprint density at radius 1 is 1.21 bits per heavy atom. The van der Waals surface area contributed by atoms with Gasteiger partial charge < -0.3 is 10.2 Å². The zero-order valence-corrected chi connectivity index (χ0v) is 12.7. The average Bonchev–Trinajstić information content (AvgIpc) is 2.33. The average molecular weight is 262 g/mol. The van der Waals surface area contributed by atoms with Gasteiger partial charge in [0.15, 0.2) is 0 Å². The van der Waals surface area contributed by atoms with Crippen molar-refractivity contribution in [2.45, 2.75) is 52.7 Å². The minimum atomic E-state index is -0.0367. The van der Waals surface area contributed by atoms with Crippen LogP contribution in [0, 0.1) is 0 Å². The zero-order valence-electron chi connectivity index (χ0n) is 12.7. The lowest BCUT2D eigenvalue weighted by Crippen LogP contribution is -2.46. The Hall–Kier alpha value is -1.35. The summed E-state index contributed by atoms with van der Waals surface area (Å²) in [5.41, 5.74) is 1.13. The van der Waals surface area contributed by atoms with E-state index in [0.717, 1.165) is 0 Å². The monoisotopic (exact) mass is 262 g/mol. The number of amides is 1. The summed E-state index contributed by atoms with van der Waals surface area (Å²) in [5.74, 6) is 0.147. The molecule has 1 rings (SSSR count). The molecular formula is C16H26N2O. The number of nitrogens with one attached hydrogen (secondary N) is 1. The third kappa shape index (κ3) is 5.88. The number of carbonyl (C=O) groups excluding carboxylic acids is 1. The van der Waals surface area contributed by atoms with Crippen LogP contribution in [0.3, 0.4) is 0 Å². The van der Waals surface area contributed by atoms with E-state index in [9.17, 15) is 4.79 Å². The number of benzene rings is 1. The van der Waals surface area contributed by atoms with Crippen molar-refractivity contribution in [3.63, 3.8) is 0 Å². The molecule has 0 aliphatic heterocycles. The largest absolute Gasteiger partial charge is 0.335 e. The SMILES string of the molecule is CC(C)N(Cc1ccccc1)C(=O)CNC(C)(C)C. The second-order valence-electron chi connectivity index (χ2n) is 6.20. The van der Waals surface area contributed by atoms with Gasteiger partial charge in [-0.15, -0.1) is 0 Å². The van der Waals surface area contributed by atoms with Crippen LogP contribution in [0.4, 0.5) is 0 Å². The van der Waals surface area contributed by atoms with Crippen LogP contribution in [0.2, 0.25) is 0 Å². The summed E-state index contributed by atoms with van der Waals surface area (Å²) in [5, 5.41) is 3.25. The summed E-state index contributed by atoms with van der Waals surface area (Å²) < 4.78 is 0. The molecule has 0 fully saturated rings. The highest BCUT2D eigenvalue weighted by molar-refractivity contribution is 5.78. The lowest BCUT2D eigenvalue weighted by Gasteiger charge is -2.29. The molecule has 3 heteroatoms. The Morgan fingerprint density at radius 3 is 2.26 bits per heavy atom. The minimum absolute atomic E-state index is 0.0367. The fourth-order valence-corrected chi connectivity index (χ4v) is 1.78. The van der Waals surface area contributed by atoms with Gasteiger partial charge in [-0.05, 0) is 40.2 Å². The van der Waals surface area contributed by atoms with Gasteiger partial charge in [0.2, 0.25) is 5.91 Å². The topological polar surface area (TPSA) is 32.3 Å². The van der Waals surface area contributed by atoms with E-state index in [4.69, 9.17) is 0 Å². The normalized spacial score (nSPS) is 11.7. The molecule has 19 heavy (non-hydrogen) atoms. The van der Waals surface area contributed by atoms with E-state index in [0.29, 0.717) is 13.1 Å². The second kappa shape index (κ2) is 6.71. The number of hydrogen-bond acceptors (Lipinski definition) is 2. The molecule has 0 aromatic heterocycles. The van der Waals surface area contributed by atoms with Crippen molar-refractivity contribution in [2.75, 3.05) is 6.54 Å². The molecule has 0 aliphatic rings. The van der Waals surface area contributed by atoms with Crippen molar-refractivity contribution in [3.05, 3.63) is 35.9 Å². The fourth-order valence-electron chi connectivity index (χ4n) is 1.78. The maximum atomic E-state index is 12.3. The zero-order chi connectivity index (χ0) is 14.5. The van der Waals surface area contributed by atoms with Gasteiger partial charge in [-0.25, -0.2) is 0 Å². The summed E-state index contributed by atoms with van der Waals surface area (Å²) in [7, 11) is 0. The van der Waals surface area contributed by atoms with Crippen LogP contribution in [0.25, 0.3) is 0 Å². The van der Waals surface area contributed by atoms with Crippen molar-refractivity contribution in [2.24, 2.45) is 0 Å². The van der Waals surface area contributed by atoms with E-state index in [-0.39, 0.29) is 17.5 Å². The Morgan fingerprint density at radius 2 is 1.79 bits per heavy atom. The van der Waals surface area contributed by atoms with Gasteiger partial charge >= 0.3 is 0 Å². The first-order chi connectivity index (χ1) is 8.79. The van der Waals surface area contributed by atoms with Crippen molar-refractivity contribution in [1.29, 1.82) is 0 Å². The molecular weight excluding hydrogens is 236 g/mol. The molecule has 106 valence electrons. The molecule has 0 saturated heterocycles. The molecule has 1 amide bonds. The molecule has 0 radical (unpaired) electrons. The maximum absolute atomic E-state index is 12.3. The Labute approximate surface area is 117 Å². The highest BCUT2D eigenvalue weighted by Crippen LogP contribution is 2.09. The van der Waals surface area contributed by atoms with E-state index in [2.05, 4.69) is 52.1 Å². The molecule has 0 atom stereocenters. The van der Waals surface area contributed by atoms with Crippen LogP contribution in [0.5, 0.6) is 0 Å². The van der Waals surface area contributed by atoms with Crippen molar-refractivity contribution >= 4 is 5.91 Å². The summed E-state index contributed by atoms with van der Waals surface area (Å²) in [6.07, 6.45) is 0. The summed E-state index contributed by atoms with van der Waals surface area (Å²) in [4.78, 5) is 14.2. The van der Waals surface area contributed by atoms with E-state index >= 15 is 0 Å². The first-order valence-corrected chi connectivity index (χ1v) is 6.88. The second-order valence-corrected chi connectivity index (χ2v) is 6.20. The van der Waals surface area contributed by atoms with Crippen molar-refractivity contribution < 1.29 is 4.79 Å². The van der Waals surface area contributed by atoms with Crippen LogP contribution < -0.4 is 5.32 Å². The van der Waals surface area contributed by atoms with E-state index in [1.165, 1.54) is 5.56 Å². The van der Waals surface area contributed by atoms with Gasteiger partial charge in [0.05, 0.1) is 6.54 Å². The smallest absolute Gasteiger partial charge is 0.237 e. The third-order valence-corrected chi connectivity index (χ3v) is 2.91. The lowest BCUT2D eigenvalue weighted by atomic mass is 10.1. The van der Waals surface area contributed by atoms with Gasteiger partial charge in [-0.3, -0.25) is 4.79 Å². The van der Waals surface area contributed by atoms with Crippen LogP contribution >= 0.6 is 0 Å². The van der Waals surface area contributed by atoms with Gasteiger partial charge in [0.25, 0.3) is 0 Å². The Kier molecular flexibility index (Phi) is 5.55. The molecule has 1 aromatic rings. The van der Waals surface area contributed by atoms with Crippen LogP contribution in [0.15, 0.2) is 30.3 Å². The van der Waals surface area contributed by atoms with Crippen LogP contribution in [-0.2, 0) is 11.3 Å². The number of carbonyl (C=O) groups is 1. The predicted octanol–water partition coefficient (Wildman–Crippen LogP) is 2.81. The highest BCUT2D eigenvalue weighted by atomic mass is 16.2. The van der Waals surface area contributed by atoms with E-state index in [1.807, 2.05) is 23.1 Å². The maximum Gasteiger partial charge on any atom is 0.237 e. The standard InChI is InChI=1S/C16H26N2O/c1-13(2)18(12-14-9-7-6-8-10-14)15(19)11-17-16(3,4)5/h6-10,13,17H,11-12H2,1-5H3.